The van der Waals surface area contributed by atoms with Crippen LogP contribution in [0.5, 0.6) is 0 Å². The average Bonchev–Trinajstić information content (AvgIpc) is 2.94. The summed E-state index contributed by atoms with van der Waals surface area (Å²) < 4.78 is 0. The first-order valence-corrected chi connectivity index (χ1v) is 11.5. The second-order valence-electron chi connectivity index (χ2n) is 7.29. The van der Waals surface area contributed by atoms with E-state index >= 15 is 0 Å². The number of halogens is 2. The number of benzene rings is 2. The smallest absolute Gasteiger partial charge is 1.00 e. The summed E-state index contributed by atoms with van der Waals surface area (Å²) in [4.78, 5) is 9.87. The molecule has 1 amide bonds. The molecular weight excluding hydrogens is 489 g/mol. The molecule has 1 atom stereocenters. The van der Waals surface area contributed by atoms with Crippen LogP contribution in [0.2, 0.25) is 0 Å². The molecule has 1 aliphatic carbocycles. The molecule has 2 aromatic carbocycles. The van der Waals surface area contributed by atoms with Crippen LogP contribution in [0.1, 0.15) is 53.9 Å². The van der Waals surface area contributed by atoms with Gasteiger partial charge in [-0.05, 0) is 12.8 Å². The minimum Gasteiger partial charge on any atom is -1.00 e. The van der Waals surface area contributed by atoms with Gasteiger partial charge in [0.15, 0.2) is 0 Å². The minimum atomic E-state index is -0.443. The fourth-order valence-corrected chi connectivity index (χ4v) is 4.00. The number of hydrogen-bond donors (Lipinski definition) is 0. The van der Waals surface area contributed by atoms with Crippen LogP contribution >= 0.6 is 0 Å². The number of carbonyl (C=O) groups excluding carboxylic acids is 1. The first-order valence-electron chi connectivity index (χ1n) is 10.3. The van der Waals surface area contributed by atoms with Gasteiger partial charge in [-0.1, -0.05) is 111 Å². The Labute approximate surface area is 225 Å². The number of carbonyl (C=O) groups is 1. The van der Waals surface area contributed by atoms with Gasteiger partial charge in [-0.15, -0.1) is 6.92 Å². The molecule has 0 bridgehead atoms. The SMILES string of the molecule is CC1=[C-]C(C)C(C)=C1C.CCCCC([NH-])=O.[Cl-].[Cl-].[Ti+4].c1ccc([SiH]c2ccccc2)cc1. The Kier molecular flexibility index (Phi) is 22.7. The van der Waals surface area contributed by atoms with Crippen molar-refractivity contribution in [1.29, 1.82) is 0 Å². The van der Waals surface area contributed by atoms with E-state index in [9.17, 15) is 4.79 Å². The molecule has 0 saturated heterocycles. The number of amides is 1. The Morgan fingerprint density at radius 1 is 0.938 bits per heavy atom. The maximum atomic E-state index is 9.87. The molecule has 1 N–H and O–H groups in total. The minimum absolute atomic E-state index is 0. The van der Waals surface area contributed by atoms with Gasteiger partial charge in [-0.3, -0.25) is 6.08 Å². The molecule has 1 radical (unpaired) electrons. The van der Waals surface area contributed by atoms with Crippen LogP contribution in [0.4, 0.5) is 0 Å². The van der Waals surface area contributed by atoms with Gasteiger partial charge in [0.1, 0.15) is 9.52 Å². The largest absolute Gasteiger partial charge is 4.00 e. The molecule has 1 aliphatic rings. The topological polar surface area (TPSA) is 40.9 Å². The van der Waals surface area contributed by atoms with Gasteiger partial charge in [0.2, 0.25) is 0 Å². The van der Waals surface area contributed by atoms with Crippen molar-refractivity contribution in [1.82, 2.24) is 0 Å². The predicted octanol–water partition coefficient (Wildman–Crippen LogP) is -0.443. The maximum Gasteiger partial charge on any atom is 4.00 e. The molecular formula is C26H34Cl2NOSiTi. The van der Waals surface area contributed by atoms with Crippen molar-refractivity contribution in [2.75, 3.05) is 0 Å². The van der Waals surface area contributed by atoms with E-state index in [-0.39, 0.29) is 56.1 Å². The number of rotatable bonds is 5. The molecule has 0 heterocycles. The summed E-state index contributed by atoms with van der Waals surface area (Å²) in [6.45, 7) is 10.7. The quantitative estimate of drug-likeness (QED) is 0.387. The molecule has 0 saturated carbocycles. The third-order valence-corrected chi connectivity index (χ3v) is 6.36. The molecule has 2 nitrogen and oxygen atoms in total. The molecule has 32 heavy (non-hydrogen) atoms. The van der Waals surface area contributed by atoms with Crippen LogP contribution in [0.15, 0.2) is 77.4 Å². The second-order valence-corrected chi connectivity index (χ2v) is 8.91. The van der Waals surface area contributed by atoms with E-state index < -0.39 is 5.91 Å². The summed E-state index contributed by atoms with van der Waals surface area (Å²) in [5.41, 5.74) is 10.7. The van der Waals surface area contributed by atoms with Gasteiger partial charge in [0.05, 0.1) is 0 Å². The summed E-state index contributed by atoms with van der Waals surface area (Å²) in [6, 6.07) is 21.3. The molecule has 0 spiro atoms. The first-order chi connectivity index (χ1) is 13.8. The Morgan fingerprint density at radius 2 is 1.38 bits per heavy atom. The third-order valence-electron chi connectivity index (χ3n) is 4.93. The summed E-state index contributed by atoms with van der Waals surface area (Å²) >= 11 is 0. The molecule has 6 heteroatoms. The molecule has 2 aromatic rings. The van der Waals surface area contributed by atoms with E-state index in [0.29, 0.717) is 12.3 Å². The van der Waals surface area contributed by atoms with Crippen molar-refractivity contribution >= 4 is 25.8 Å². The zero-order valence-electron chi connectivity index (χ0n) is 19.7. The third kappa shape index (κ3) is 14.9. The van der Waals surface area contributed by atoms with E-state index in [0.717, 1.165) is 12.8 Å². The van der Waals surface area contributed by atoms with E-state index in [4.69, 9.17) is 5.73 Å². The Morgan fingerprint density at radius 3 is 1.59 bits per heavy atom. The predicted molar refractivity (Wildman–Crippen MR) is 128 cm³/mol. The number of allylic oxidation sites excluding steroid dienone is 4. The Bertz CT molecular complexity index is 774. The van der Waals surface area contributed by atoms with Crippen molar-refractivity contribution in [3.05, 3.63) is 89.2 Å². The van der Waals surface area contributed by atoms with Crippen molar-refractivity contribution in [2.24, 2.45) is 5.92 Å². The molecule has 3 rings (SSSR count). The zero-order valence-corrected chi connectivity index (χ0v) is 23.9. The molecule has 0 aliphatic heterocycles. The molecule has 0 fully saturated rings. The van der Waals surface area contributed by atoms with Crippen LogP contribution in [0.25, 0.3) is 5.73 Å². The van der Waals surface area contributed by atoms with Crippen LogP contribution in [0, 0.1) is 12.0 Å². The Balaban J connectivity index is -0.000000397. The van der Waals surface area contributed by atoms with Crippen LogP contribution < -0.4 is 35.2 Å². The Hall–Kier alpha value is -1.10. The normalized spacial score (nSPS) is 13.5. The molecule has 171 valence electrons. The summed E-state index contributed by atoms with van der Waals surface area (Å²) in [7, 11) is 0.271. The van der Waals surface area contributed by atoms with Gasteiger partial charge in [-0.2, -0.15) is 11.1 Å². The zero-order chi connectivity index (χ0) is 21.6. The van der Waals surface area contributed by atoms with E-state index in [1.54, 1.807) is 0 Å². The van der Waals surface area contributed by atoms with E-state index in [1.807, 2.05) is 6.92 Å². The van der Waals surface area contributed by atoms with Crippen LogP contribution in [-0.2, 0) is 26.5 Å². The van der Waals surface area contributed by atoms with Gasteiger partial charge < -0.3 is 35.3 Å². The summed E-state index contributed by atoms with van der Waals surface area (Å²) in [5.74, 6) is 0.117. The number of hydrogen-bond acceptors (Lipinski definition) is 1. The van der Waals surface area contributed by atoms with Gasteiger partial charge in [0.25, 0.3) is 0 Å². The van der Waals surface area contributed by atoms with Crippen molar-refractivity contribution in [3.8, 4) is 0 Å². The van der Waals surface area contributed by atoms with E-state index in [1.165, 1.54) is 27.1 Å². The molecule has 1 unspecified atom stereocenters. The first kappa shape index (κ1) is 35.5. The van der Waals surface area contributed by atoms with Gasteiger partial charge in [0, 0.05) is 5.91 Å². The monoisotopic (exact) mass is 522 g/mol. The standard InChI is InChI=1S/C12H11Si.C9H13.C5H11NO.2ClH.Ti/c1-3-7-11(8-4-1)13-12-9-5-2-6-10-12;1-6-5-7(2)9(4)8(6)3;1-2-3-4-5(6)7;;;/h1-10,13H;6H,1-4H3;2-4H2,1H3,(H2,6,7);2*1H;/q;-1;;;;+4/p-3. The number of unbranched alkanes of at least 4 members (excludes halogenated alkanes) is 1. The van der Waals surface area contributed by atoms with E-state index in [2.05, 4.69) is 94.4 Å². The summed E-state index contributed by atoms with van der Waals surface area (Å²) in [6.07, 6.45) is 5.65. The van der Waals surface area contributed by atoms with Crippen molar-refractivity contribution in [2.45, 2.75) is 53.9 Å². The average molecular weight is 523 g/mol. The fourth-order valence-electron chi connectivity index (χ4n) is 2.79. The van der Waals surface area contributed by atoms with Gasteiger partial charge in [-0.25, -0.2) is 5.57 Å². The second kappa shape index (κ2) is 20.5. The van der Waals surface area contributed by atoms with Crippen LogP contribution in [-0.4, -0.2) is 15.4 Å². The van der Waals surface area contributed by atoms with Crippen molar-refractivity contribution < 1.29 is 51.3 Å². The molecule has 0 aromatic heterocycles. The maximum absolute atomic E-state index is 9.87. The fraction of sp³-hybridized carbons (Fsp3) is 0.346. The van der Waals surface area contributed by atoms with Gasteiger partial charge >= 0.3 is 21.7 Å². The van der Waals surface area contributed by atoms with Crippen LogP contribution in [0.3, 0.4) is 0 Å². The van der Waals surface area contributed by atoms with Crippen molar-refractivity contribution in [3.63, 3.8) is 0 Å². The summed E-state index contributed by atoms with van der Waals surface area (Å²) in [5, 5.41) is 2.90. The number of nitrogens with one attached hydrogen (secondary N) is 1.